The van der Waals surface area contributed by atoms with Crippen molar-refractivity contribution < 1.29 is 4.52 Å². The third kappa shape index (κ3) is 2.97. The molecule has 1 saturated heterocycles. The van der Waals surface area contributed by atoms with Gasteiger partial charge in [-0.1, -0.05) is 40.8 Å². The Morgan fingerprint density at radius 1 is 1.10 bits per heavy atom. The lowest BCUT2D eigenvalue weighted by Crippen LogP contribution is -2.29. The summed E-state index contributed by atoms with van der Waals surface area (Å²) in [6.45, 7) is 2.87. The van der Waals surface area contributed by atoms with Crippen LogP contribution < -0.4 is 0 Å². The first-order chi connectivity index (χ1) is 9.74. The van der Waals surface area contributed by atoms with E-state index in [1.165, 1.54) is 19.3 Å². The highest BCUT2D eigenvalue weighted by atomic mass is 35.5. The molecule has 3 rings (SSSR count). The predicted octanol–water partition coefficient (Wildman–Crippen LogP) is 4.03. The van der Waals surface area contributed by atoms with Crippen LogP contribution in [0.3, 0.4) is 0 Å². The summed E-state index contributed by atoms with van der Waals surface area (Å²) in [5.74, 6) is 1.06. The molecule has 0 aliphatic carbocycles. The second-order valence-electron chi connectivity index (χ2n) is 4.95. The van der Waals surface area contributed by atoms with Crippen LogP contribution in [0.15, 0.2) is 22.7 Å². The first kappa shape index (κ1) is 13.9. The third-order valence-electron chi connectivity index (χ3n) is 3.46. The van der Waals surface area contributed by atoms with E-state index in [2.05, 4.69) is 15.0 Å². The van der Waals surface area contributed by atoms with Gasteiger partial charge in [0.2, 0.25) is 11.7 Å². The smallest absolute Gasteiger partial charge is 0.241 e. The number of halogens is 2. The molecule has 20 heavy (non-hydrogen) atoms. The molecule has 1 aromatic heterocycles. The van der Waals surface area contributed by atoms with Crippen LogP contribution in [0.2, 0.25) is 10.0 Å². The molecule has 0 saturated carbocycles. The van der Waals surface area contributed by atoms with E-state index in [0.717, 1.165) is 13.1 Å². The number of benzene rings is 1. The summed E-state index contributed by atoms with van der Waals surface area (Å²) in [5, 5.41) is 5.05. The van der Waals surface area contributed by atoms with Crippen LogP contribution in [0.1, 0.15) is 25.2 Å². The van der Waals surface area contributed by atoms with Crippen molar-refractivity contribution in [3.05, 3.63) is 34.1 Å². The molecule has 1 fully saturated rings. The van der Waals surface area contributed by atoms with Gasteiger partial charge in [-0.25, -0.2) is 0 Å². The zero-order chi connectivity index (χ0) is 13.9. The van der Waals surface area contributed by atoms with Crippen LogP contribution in [0.5, 0.6) is 0 Å². The summed E-state index contributed by atoms with van der Waals surface area (Å²) in [5.41, 5.74) is 0.629. The van der Waals surface area contributed by atoms with Gasteiger partial charge in [0.25, 0.3) is 0 Å². The number of likely N-dealkylation sites (tertiary alicyclic amines) is 1. The van der Waals surface area contributed by atoms with Crippen LogP contribution in [-0.2, 0) is 6.54 Å². The number of aromatic nitrogens is 2. The summed E-state index contributed by atoms with van der Waals surface area (Å²) in [6, 6.07) is 5.33. The Bertz CT molecular complexity index is 574. The maximum absolute atomic E-state index is 6.15. The molecule has 0 amide bonds. The first-order valence-corrected chi connectivity index (χ1v) is 7.49. The molecule has 6 heteroatoms. The lowest BCUT2D eigenvalue weighted by molar-refractivity contribution is 0.193. The van der Waals surface area contributed by atoms with Gasteiger partial charge in [0.15, 0.2) is 0 Å². The lowest BCUT2D eigenvalue weighted by Gasteiger charge is -2.24. The molecule has 0 unspecified atom stereocenters. The number of hydrogen-bond acceptors (Lipinski definition) is 4. The summed E-state index contributed by atoms with van der Waals surface area (Å²) >= 11 is 12.3. The average Bonchev–Trinajstić information content (AvgIpc) is 2.88. The van der Waals surface area contributed by atoms with Gasteiger partial charge in [-0.3, -0.25) is 4.90 Å². The molecular formula is C14H15Cl2N3O. The van der Waals surface area contributed by atoms with E-state index in [9.17, 15) is 0 Å². The second kappa shape index (κ2) is 6.12. The van der Waals surface area contributed by atoms with Crippen LogP contribution in [0.25, 0.3) is 11.4 Å². The van der Waals surface area contributed by atoms with Crippen LogP contribution >= 0.6 is 23.2 Å². The van der Waals surface area contributed by atoms with Crippen molar-refractivity contribution in [1.29, 1.82) is 0 Å². The van der Waals surface area contributed by atoms with Gasteiger partial charge in [0.1, 0.15) is 0 Å². The van der Waals surface area contributed by atoms with Gasteiger partial charge in [-0.2, -0.15) is 4.98 Å². The molecule has 2 heterocycles. The molecule has 1 aromatic carbocycles. The van der Waals surface area contributed by atoms with Crippen molar-refractivity contribution in [2.75, 3.05) is 13.1 Å². The quantitative estimate of drug-likeness (QED) is 0.858. The van der Waals surface area contributed by atoms with E-state index in [4.69, 9.17) is 27.7 Å². The molecule has 0 bridgehead atoms. The van der Waals surface area contributed by atoms with E-state index < -0.39 is 0 Å². The fraction of sp³-hybridized carbons (Fsp3) is 0.429. The van der Waals surface area contributed by atoms with Crippen molar-refractivity contribution in [1.82, 2.24) is 15.0 Å². The van der Waals surface area contributed by atoms with Crippen LogP contribution in [0, 0.1) is 0 Å². The van der Waals surface area contributed by atoms with Crippen LogP contribution in [0.4, 0.5) is 0 Å². The molecule has 1 aliphatic heterocycles. The minimum absolute atomic E-state index is 0.451. The molecular weight excluding hydrogens is 297 g/mol. The summed E-state index contributed by atoms with van der Waals surface area (Å²) in [7, 11) is 0. The number of piperidine rings is 1. The van der Waals surface area contributed by atoms with E-state index in [1.807, 2.05) is 0 Å². The molecule has 0 spiro atoms. The molecule has 1 aliphatic rings. The van der Waals surface area contributed by atoms with E-state index in [0.29, 0.717) is 33.9 Å². The van der Waals surface area contributed by atoms with Crippen molar-refractivity contribution in [2.24, 2.45) is 0 Å². The maximum Gasteiger partial charge on any atom is 0.241 e. The molecule has 0 radical (unpaired) electrons. The van der Waals surface area contributed by atoms with Crippen molar-refractivity contribution >= 4 is 23.2 Å². The fourth-order valence-electron chi connectivity index (χ4n) is 2.44. The Morgan fingerprint density at radius 2 is 1.80 bits per heavy atom. The zero-order valence-electron chi connectivity index (χ0n) is 11.0. The molecule has 0 N–H and O–H groups in total. The minimum Gasteiger partial charge on any atom is -0.338 e. The fourth-order valence-corrected chi connectivity index (χ4v) is 3.01. The summed E-state index contributed by atoms with van der Waals surface area (Å²) in [4.78, 5) is 6.74. The maximum atomic E-state index is 6.15. The molecule has 2 aromatic rings. The van der Waals surface area contributed by atoms with Gasteiger partial charge in [0, 0.05) is 0 Å². The number of rotatable bonds is 3. The Morgan fingerprint density at radius 3 is 2.50 bits per heavy atom. The number of nitrogens with zero attached hydrogens (tertiary/aromatic N) is 3. The average molecular weight is 312 g/mol. The molecule has 4 nitrogen and oxygen atoms in total. The Kier molecular flexibility index (Phi) is 4.24. The highest BCUT2D eigenvalue weighted by Gasteiger charge is 2.18. The summed E-state index contributed by atoms with van der Waals surface area (Å²) < 4.78 is 5.31. The SMILES string of the molecule is Clc1cccc(Cl)c1-c1noc(CN2CCCCC2)n1. The van der Waals surface area contributed by atoms with Gasteiger partial charge in [-0.15, -0.1) is 0 Å². The van der Waals surface area contributed by atoms with Gasteiger partial charge >= 0.3 is 0 Å². The van der Waals surface area contributed by atoms with Crippen molar-refractivity contribution in [3.8, 4) is 11.4 Å². The third-order valence-corrected chi connectivity index (χ3v) is 4.09. The highest BCUT2D eigenvalue weighted by Crippen LogP contribution is 2.32. The summed E-state index contributed by atoms with van der Waals surface area (Å²) in [6.07, 6.45) is 3.77. The topological polar surface area (TPSA) is 42.2 Å². The molecule has 0 atom stereocenters. The van der Waals surface area contributed by atoms with E-state index in [1.54, 1.807) is 18.2 Å². The second-order valence-corrected chi connectivity index (χ2v) is 5.76. The zero-order valence-corrected chi connectivity index (χ0v) is 12.5. The van der Waals surface area contributed by atoms with Crippen LogP contribution in [-0.4, -0.2) is 28.1 Å². The highest BCUT2D eigenvalue weighted by molar-refractivity contribution is 6.38. The first-order valence-electron chi connectivity index (χ1n) is 6.73. The van der Waals surface area contributed by atoms with Crippen molar-refractivity contribution in [3.63, 3.8) is 0 Å². The van der Waals surface area contributed by atoms with Crippen molar-refractivity contribution in [2.45, 2.75) is 25.8 Å². The Hall–Kier alpha value is -1.10. The number of hydrogen-bond donors (Lipinski definition) is 0. The lowest BCUT2D eigenvalue weighted by atomic mass is 10.1. The molecule has 106 valence electrons. The predicted molar refractivity (Wildman–Crippen MR) is 78.9 cm³/mol. The Balaban J connectivity index is 1.79. The van der Waals surface area contributed by atoms with Gasteiger partial charge in [-0.05, 0) is 38.1 Å². The largest absolute Gasteiger partial charge is 0.338 e. The van der Waals surface area contributed by atoms with E-state index in [-0.39, 0.29) is 0 Å². The normalized spacial score (nSPS) is 16.5. The van der Waals surface area contributed by atoms with Gasteiger partial charge < -0.3 is 4.52 Å². The monoisotopic (exact) mass is 311 g/mol. The standard InChI is InChI=1S/C14H15Cl2N3O/c15-10-5-4-6-11(16)13(10)14-17-12(20-18-14)9-19-7-2-1-3-8-19/h4-6H,1-3,7-9H2. The van der Waals surface area contributed by atoms with Gasteiger partial charge in [0.05, 0.1) is 22.2 Å². The Labute approximate surface area is 127 Å². The van der Waals surface area contributed by atoms with E-state index >= 15 is 0 Å². The minimum atomic E-state index is 0.451.